The highest BCUT2D eigenvalue weighted by atomic mass is 16.5. The van der Waals surface area contributed by atoms with Gasteiger partial charge in [0.1, 0.15) is 0 Å². The van der Waals surface area contributed by atoms with Crippen molar-refractivity contribution in [1.82, 2.24) is 10.2 Å². The van der Waals surface area contributed by atoms with Crippen LogP contribution in [-0.2, 0) is 4.74 Å². The lowest BCUT2D eigenvalue weighted by atomic mass is 10.3. The van der Waals surface area contributed by atoms with E-state index in [1.807, 2.05) is 0 Å². The van der Waals surface area contributed by atoms with Crippen LogP contribution in [0.4, 0.5) is 0 Å². The van der Waals surface area contributed by atoms with Crippen LogP contribution in [0.1, 0.15) is 0 Å². The van der Waals surface area contributed by atoms with E-state index in [2.05, 4.69) is 10.2 Å². The Morgan fingerprint density at radius 1 is 1.21 bits per heavy atom. The van der Waals surface area contributed by atoms with Gasteiger partial charge in [0.2, 0.25) is 0 Å². The zero-order chi connectivity index (χ0) is 10.2. The summed E-state index contributed by atoms with van der Waals surface area (Å²) in [4.78, 5) is 2.31. The molecule has 0 saturated carbocycles. The summed E-state index contributed by atoms with van der Waals surface area (Å²) in [6.07, 6.45) is 0. The van der Waals surface area contributed by atoms with E-state index in [0.29, 0.717) is 0 Å². The van der Waals surface area contributed by atoms with Gasteiger partial charge < -0.3 is 20.3 Å². The molecule has 0 atom stereocenters. The molecule has 0 aliphatic carbocycles. The van der Waals surface area contributed by atoms with Crippen LogP contribution in [0.5, 0.6) is 0 Å². The van der Waals surface area contributed by atoms with E-state index in [4.69, 9.17) is 14.9 Å². The number of hydrogen-bond donors (Lipinski definition) is 3. The van der Waals surface area contributed by atoms with Crippen molar-refractivity contribution in [1.29, 1.82) is 0 Å². The van der Waals surface area contributed by atoms with Gasteiger partial charge >= 0.3 is 0 Å². The summed E-state index contributed by atoms with van der Waals surface area (Å²) in [5.41, 5.74) is 0. The van der Waals surface area contributed by atoms with E-state index >= 15 is 0 Å². The molecule has 0 radical (unpaired) electrons. The Morgan fingerprint density at radius 2 is 1.86 bits per heavy atom. The molecule has 1 fully saturated rings. The van der Waals surface area contributed by atoms with Gasteiger partial charge in [-0.05, 0) is 0 Å². The van der Waals surface area contributed by atoms with E-state index in [1.165, 1.54) is 0 Å². The van der Waals surface area contributed by atoms with E-state index in [1.54, 1.807) is 0 Å². The van der Waals surface area contributed by atoms with Gasteiger partial charge in [0.25, 0.3) is 0 Å². The van der Waals surface area contributed by atoms with E-state index in [9.17, 15) is 0 Å². The highest BCUT2D eigenvalue weighted by Crippen LogP contribution is 1.94. The summed E-state index contributed by atoms with van der Waals surface area (Å²) in [6, 6.07) is -0.184. The van der Waals surface area contributed by atoms with Crippen LogP contribution in [-0.4, -0.2) is 73.8 Å². The van der Waals surface area contributed by atoms with Crippen LogP contribution >= 0.6 is 0 Å². The standard InChI is InChI=1S/C9H20N2O3/c12-7-9(8-13)10-1-2-11-3-5-14-6-4-11/h9-10,12-13H,1-8H2. The molecular formula is C9H20N2O3. The highest BCUT2D eigenvalue weighted by molar-refractivity contribution is 4.67. The van der Waals surface area contributed by atoms with Crippen LogP contribution in [0.2, 0.25) is 0 Å². The van der Waals surface area contributed by atoms with Gasteiger partial charge in [-0.1, -0.05) is 0 Å². The summed E-state index contributed by atoms with van der Waals surface area (Å²) in [6.45, 7) is 5.28. The minimum atomic E-state index is -0.184. The summed E-state index contributed by atoms with van der Waals surface area (Å²) in [7, 11) is 0. The smallest absolute Gasteiger partial charge is 0.0607 e. The monoisotopic (exact) mass is 204 g/mol. The van der Waals surface area contributed by atoms with Crippen molar-refractivity contribution in [3.8, 4) is 0 Å². The molecule has 1 heterocycles. The molecule has 14 heavy (non-hydrogen) atoms. The van der Waals surface area contributed by atoms with Crippen LogP contribution in [0.25, 0.3) is 0 Å². The highest BCUT2D eigenvalue weighted by Gasteiger charge is 2.10. The maximum atomic E-state index is 8.81. The summed E-state index contributed by atoms with van der Waals surface area (Å²) in [5, 5.41) is 20.7. The fraction of sp³-hybridized carbons (Fsp3) is 1.00. The van der Waals surface area contributed by atoms with Crippen molar-refractivity contribution < 1.29 is 14.9 Å². The zero-order valence-electron chi connectivity index (χ0n) is 8.48. The lowest BCUT2D eigenvalue weighted by molar-refractivity contribution is 0.0374. The molecule has 5 heteroatoms. The third-order valence-electron chi connectivity index (χ3n) is 2.41. The Morgan fingerprint density at radius 3 is 2.43 bits per heavy atom. The maximum Gasteiger partial charge on any atom is 0.0607 e. The fourth-order valence-electron chi connectivity index (χ4n) is 1.44. The number of ether oxygens (including phenoxy) is 1. The minimum Gasteiger partial charge on any atom is -0.395 e. The predicted molar refractivity (Wildman–Crippen MR) is 53.2 cm³/mol. The van der Waals surface area contributed by atoms with Gasteiger partial charge in [0.05, 0.1) is 32.5 Å². The molecule has 1 aliphatic rings. The Labute approximate surface area is 84.7 Å². The minimum absolute atomic E-state index is 0.0143. The molecule has 0 aromatic rings. The lowest BCUT2D eigenvalue weighted by Gasteiger charge is -2.27. The average molecular weight is 204 g/mol. The molecule has 84 valence electrons. The maximum absolute atomic E-state index is 8.81. The molecule has 0 spiro atoms. The second kappa shape index (κ2) is 7.14. The summed E-state index contributed by atoms with van der Waals surface area (Å²) < 4.78 is 5.23. The average Bonchev–Trinajstić information content (AvgIpc) is 2.26. The van der Waals surface area contributed by atoms with Gasteiger partial charge in [-0.15, -0.1) is 0 Å². The number of nitrogens with zero attached hydrogens (tertiary/aromatic N) is 1. The first-order valence-electron chi connectivity index (χ1n) is 5.12. The topological polar surface area (TPSA) is 65.0 Å². The zero-order valence-corrected chi connectivity index (χ0v) is 8.48. The van der Waals surface area contributed by atoms with Crippen molar-refractivity contribution >= 4 is 0 Å². The first kappa shape index (κ1) is 11.9. The van der Waals surface area contributed by atoms with Gasteiger partial charge in [0, 0.05) is 26.2 Å². The molecule has 1 rings (SSSR count). The van der Waals surface area contributed by atoms with Gasteiger partial charge in [-0.25, -0.2) is 0 Å². The van der Waals surface area contributed by atoms with E-state index < -0.39 is 0 Å². The number of rotatable bonds is 6. The van der Waals surface area contributed by atoms with Crippen molar-refractivity contribution in [2.24, 2.45) is 0 Å². The van der Waals surface area contributed by atoms with Gasteiger partial charge in [-0.2, -0.15) is 0 Å². The Bertz CT molecular complexity index is 136. The molecule has 0 aromatic carbocycles. The lowest BCUT2D eigenvalue weighted by Crippen LogP contribution is -2.44. The number of morpholine rings is 1. The third kappa shape index (κ3) is 4.34. The molecule has 3 N–H and O–H groups in total. The van der Waals surface area contributed by atoms with Crippen LogP contribution < -0.4 is 5.32 Å². The second-order valence-electron chi connectivity index (χ2n) is 3.47. The number of hydrogen-bond acceptors (Lipinski definition) is 5. The Hall–Kier alpha value is -0.200. The first-order valence-corrected chi connectivity index (χ1v) is 5.12. The molecular weight excluding hydrogens is 184 g/mol. The van der Waals surface area contributed by atoms with Crippen LogP contribution in [0.15, 0.2) is 0 Å². The largest absolute Gasteiger partial charge is 0.395 e. The molecule has 1 saturated heterocycles. The molecule has 0 bridgehead atoms. The molecule has 0 aromatic heterocycles. The normalized spacial score (nSPS) is 19.1. The fourth-order valence-corrected chi connectivity index (χ4v) is 1.44. The SMILES string of the molecule is OCC(CO)NCCN1CCOCC1. The Kier molecular flexibility index (Phi) is 6.05. The first-order chi connectivity index (χ1) is 6.86. The predicted octanol–water partition coefficient (Wildman–Crippen LogP) is -1.74. The number of aliphatic hydroxyl groups excluding tert-OH is 2. The van der Waals surface area contributed by atoms with Crippen molar-refractivity contribution in [3.63, 3.8) is 0 Å². The van der Waals surface area contributed by atoms with Crippen molar-refractivity contribution in [2.75, 3.05) is 52.6 Å². The van der Waals surface area contributed by atoms with E-state index in [-0.39, 0.29) is 19.3 Å². The van der Waals surface area contributed by atoms with Crippen LogP contribution in [0.3, 0.4) is 0 Å². The molecule has 1 aliphatic heterocycles. The Balaban J connectivity index is 2.01. The number of aliphatic hydroxyl groups is 2. The molecule has 0 amide bonds. The molecule has 0 unspecified atom stereocenters. The van der Waals surface area contributed by atoms with Crippen molar-refractivity contribution in [2.45, 2.75) is 6.04 Å². The molecule has 5 nitrogen and oxygen atoms in total. The van der Waals surface area contributed by atoms with Crippen LogP contribution in [0, 0.1) is 0 Å². The quantitative estimate of drug-likeness (QED) is 0.479. The number of nitrogens with one attached hydrogen (secondary N) is 1. The van der Waals surface area contributed by atoms with E-state index in [0.717, 1.165) is 39.4 Å². The summed E-state index contributed by atoms with van der Waals surface area (Å²) in [5.74, 6) is 0. The second-order valence-corrected chi connectivity index (χ2v) is 3.47. The summed E-state index contributed by atoms with van der Waals surface area (Å²) >= 11 is 0. The van der Waals surface area contributed by atoms with Gasteiger partial charge in [0.15, 0.2) is 0 Å². The third-order valence-corrected chi connectivity index (χ3v) is 2.41. The van der Waals surface area contributed by atoms with Crippen molar-refractivity contribution in [3.05, 3.63) is 0 Å². The van der Waals surface area contributed by atoms with Gasteiger partial charge in [-0.3, -0.25) is 4.90 Å².